The fourth-order valence-electron chi connectivity index (χ4n) is 2.22. The third-order valence-corrected chi connectivity index (χ3v) is 2.93. The van der Waals surface area contributed by atoms with Gasteiger partial charge in [-0.05, 0) is 19.9 Å². The van der Waals surface area contributed by atoms with Gasteiger partial charge in [-0.15, -0.1) is 0 Å². The van der Waals surface area contributed by atoms with Crippen LogP contribution in [0.1, 0.15) is 19.3 Å². The molecule has 2 saturated heterocycles. The van der Waals surface area contributed by atoms with Crippen molar-refractivity contribution in [2.45, 2.75) is 25.3 Å². The van der Waals surface area contributed by atoms with E-state index in [-0.39, 0.29) is 0 Å². The van der Waals surface area contributed by atoms with Crippen LogP contribution in [0, 0.1) is 0 Å². The summed E-state index contributed by atoms with van der Waals surface area (Å²) in [5.74, 6) is 0.374. The lowest BCUT2D eigenvalue weighted by molar-refractivity contribution is -0.139. The fourth-order valence-corrected chi connectivity index (χ4v) is 2.22. The van der Waals surface area contributed by atoms with Crippen LogP contribution in [-0.4, -0.2) is 48.4 Å². The van der Waals surface area contributed by atoms with Gasteiger partial charge >= 0.3 is 0 Å². The zero-order chi connectivity index (χ0) is 8.55. The molecule has 3 heteroatoms. The molecule has 0 aliphatic carbocycles. The number of nitrogens with zero attached hydrogens (tertiary/aromatic N) is 2. The van der Waals surface area contributed by atoms with Gasteiger partial charge in [0.2, 0.25) is 5.91 Å². The van der Waals surface area contributed by atoms with Crippen molar-refractivity contribution < 1.29 is 4.79 Å². The van der Waals surface area contributed by atoms with Gasteiger partial charge in [0.1, 0.15) is 0 Å². The highest BCUT2D eigenvalue weighted by atomic mass is 16.2. The number of rotatable bonds is 0. The first-order valence-electron chi connectivity index (χ1n) is 4.75. The predicted molar refractivity (Wildman–Crippen MR) is 46.8 cm³/mol. The Bertz CT molecular complexity index is 193. The number of amides is 1. The standard InChI is InChI=1S/C9H16N2O/c1-10-5-6-11-8(7-10)3-2-4-9(11)12/h8H,2-7H2,1H3. The summed E-state index contributed by atoms with van der Waals surface area (Å²) in [6.45, 7) is 3.06. The maximum absolute atomic E-state index is 11.4. The van der Waals surface area contributed by atoms with Gasteiger partial charge in [0.15, 0.2) is 0 Å². The first kappa shape index (κ1) is 8.05. The first-order valence-corrected chi connectivity index (χ1v) is 4.75. The van der Waals surface area contributed by atoms with Crippen molar-refractivity contribution in [3.63, 3.8) is 0 Å². The van der Waals surface area contributed by atoms with E-state index in [2.05, 4.69) is 16.8 Å². The summed E-state index contributed by atoms with van der Waals surface area (Å²) in [6.07, 6.45) is 3.07. The average molecular weight is 168 g/mol. The SMILES string of the molecule is CN1CCN2C(=O)CCCC2C1. The molecule has 0 radical (unpaired) electrons. The molecule has 12 heavy (non-hydrogen) atoms. The predicted octanol–water partition coefficient (Wildman–Crippen LogP) is 0.313. The van der Waals surface area contributed by atoms with Gasteiger partial charge in [0.25, 0.3) is 0 Å². The number of piperidine rings is 1. The monoisotopic (exact) mass is 168 g/mol. The van der Waals surface area contributed by atoms with Crippen molar-refractivity contribution >= 4 is 5.91 Å². The highest BCUT2D eigenvalue weighted by Gasteiger charge is 2.31. The van der Waals surface area contributed by atoms with E-state index >= 15 is 0 Å². The van der Waals surface area contributed by atoms with Crippen LogP contribution >= 0.6 is 0 Å². The summed E-state index contributed by atoms with van der Waals surface area (Å²) in [4.78, 5) is 15.8. The van der Waals surface area contributed by atoms with Crippen LogP contribution in [0.5, 0.6) is 0 Å². The Hall–Kier alpha value is -0.570. The van der Waals surface area contributed by atoms with Crippen LogP contribution in [0.25, 0.3) is 0 Å². The third-order valence-electron chi connectivity index (χ3n) is 2.93. The van der Waals surface area contributed by atoms with E-state index < -0.39 is 0 Å². The van der Waals surface area contributed by atoms with Gasteiger partial charge in [0, 0.05) is 32.1 Å². The normalized spacial score (nSPS) is 31.9. The Labute approximate surface area is 73.3 Å². The van der Waals surface area contributed by atoms with E-state index in [0.717, 1.165) is 32.5 Å². The van der Waals surface area contributed by atoms with Crippen molar-refractivity contribution in [1.29, 1.82) is 0 Å². The van der Waals surface area contributed by atoms with Crippen molar-refractivity contribution in [3.05, 3.63) is 0 Å². The molecule has 0 aromatic heterocycles. The Morgan fingerprint density at radius 3 is 3.08 bits per heavy atom. The second kappa shape index (κ2) is 3.05. The minimum Gasteiger partial charge on any atom is -0.337 e. The number of fused-ring (bicyclic) bond motifs is 1. The summed E-state index contributed by atoms with van der Waals surface area (Å²) >= 11 is 0. The fraction of sp³-hybridized carbons (Fsp3) is 0.889. The summed E-state index contributed by atoms with van der Waals surface area (Å²) in [5.41, 5.74) is 0. The smallest absolute Gasteiger partial charge is 0.222 e. The topological polar surface area (TPSA) is 23.6 Å². The molecule has 2 fully saturated rings. The van der Waals surface area contributed by atoms with Crippen molar-refractivity contribution in [2.24, 2.45) is 0 Å². The molecular formula is C9H16N2O. The molecule has 1 atom stereocenters. The Kier molecular flexibility index (Phi) is 2.05. The Balaban J connectivity index is 2.04. The van der Waals surface area contributed by atoms with Gasteiger partial charge < -0.3 is 9.80 Å². The van der Waals surface area contributed by atoms with E-state index in [1.54, 1.807) is 0 Å². The second-order valence-corrected chi connectivity index (χ2v) is 3.90. The zero-order valence-electron chi connectivity index (χ0n) is 7.62. The maximum atomic E-state index is 11.4. The van der Waals surface area contributed by atoms with Gasteiger partial charge in [-0.1, -0.05) is 0 Å². The highest BCUT2D eigenvalue weighted by molar-refractivity contribution is 5.77. The molecule has 1 amide bonds. The number of likely N-dealkylation sites (N-methyl/N-ethyl adjacent to an activating group) is 1. The van der Waals surface area contributed by atoms with Crippen LogP contribution in [-0.2, 0) is 4.79 Å². The van der Waals surface area contributed by atoms with Gasteiger partial charge in [-0.2, -0.15) is 0 Å². The number of piperazine rings is 1. The molecule has 3 nitrogen and oxygen atoms in total. The molecule has 0 aromatic carbocycles. The van der Waals surface area contributed by atoms with Gasteiger partial charge in [-0.25, -0.2) is 0 Å². The number of carbonyl (C=O) groups excluding carboxylic acids is 1. The van der Waals surface area contributed by atoms with Crippen LogP contribution in [0.15, 0.2) is 0 Å². The molecule has 1 unspecified atom stereocenters. The molecule has 0 N–H and O–H groups in total. The quantitative estimate of drug-likeness (QED) is 0.520. The lowest BCUT2D eigenvalue weighted by Crippen LogP contribution is -2.55. The summed E-state index contributed by atoms with van der Waals surface area (Å²) < 4.78 is 0. The summed E-state index contributed by atoms with van der Waals surface area (Å²) in [7, 11) is 2.14. The molecule has 0 saturated carbocycles. The molecule has 0 aromatic rings. The minimum atomic E-state index is 0.374. The van der Waals surface area contributed by atoms with Crippen molar-refractivity contribution in [2.75, 3.05) is 26.7 Å². The molecule has 2 heterocycles. The molecule has 2 aliphatic heterocycles. The third kappa shape index (κ3) is 1.33. The van der Waals surface area contributed by atoms with Gasteiger partial charge in [0.05, 0.1) is 0 Å². The minimum absolute atomic E-state index is 0.374. The molecule has 0 spiro atoms. The highest BCUT2D eigenvalue weighted by Crippen LogP contribution is 2.21. The van der Waals surface area contributed by atoms with E-state index in [9.17, 15) is 4.79 Å². The molecule has 2 rings (SSSR count). The number of hydrogen-bond acceptors (Lipinski definition) is 2. The average Bonchev–Trinajstić information content (AvgIpc) is 2.04. The lowest BCUT2D eigenvalue weighted by atomic mass is 9.99. The van der Waals surface area contributed by atoms with Crippen LogP contribution < -0.4 is 0 Å². The Morgan fingerprint density at radius 1 is 1.42 bits per heavy atom. The lowest BCUT2D eigenvalue weighted by Gasteiger charge is -2.42. The van der Waals surface area contributed by atoms with Gasteiger partial charge in [-0.3, -0.25) is 4.79 Å². The van der Waals surface area contributed by atoms with E-state index in [1.807, 2.05) is 0 Å². The van der Waals surface area contributed by atoms with Crippen LogP contribution in [0.2, 0.25) is 0 Å². The maximum Gasteiger partial charge on any atom is 0.222 e. The number of hydrogen-bond donors (Lipinski definition) is 0. The van der Waals surface area contributed by atoms with E-state index in [1.165, 1.54) is 6.42 Å². The van der Waals surface area contributed by atoms with Crippen LogP contribution in [0.3, 0.4) is 0 Å². The first-order chi connectivity index (χ1) is 5.77. The zero-order valence-corrected chi connectivity index (χ0v) is 7.62. The van der Waals surface area contributed by atoms with E-state index in [4.69, 9.17) is 0 Å². The molecule has 0 bridgehead atoms. The number of carbonyl (C=O) groups is 1. The second-order valence-electron chi connectivity index (χ2n) is 3.90. The van der Waals surface area contributed by atoms with Crippen molar-refractivity contribution in [3.8, 4) is 0 Å². The summed E-state index contributed by atoms with van der Waals surface area (Å²) in [6, 6.07) is 0.519. The van der Waals surface area contributed by atoms with E-state index in [0.29, 0.717) is 11.9 Å². The molecular weight excluding hydrogens is 152 g/mol. The summed E-state index contributed by atoms with van der Waals surface area (Å²) in [5, 5.41) is 0. The Morgan fingerprint density at radius 2 is 2.25 bits per heavy atom. The molecule has 68 valence electrons. The van der Waals surface area contributed by atoms with Crippen molar-refractivity contribution in [1.82, 2.24) is 9.80 Å². The molecule has 2 aliphatic rings. The van der Waals surface area contributed by atoms with Crippen LogP contribution in [0.4, 0.5) is 0 Å². The largest absolute Gasteiger partial charge is 0.337 e.